The predicted molar refractivity (Wildman–Crippen MR) is 62.5 cm³/mol. The zero-order valence-electron chi connectivity index (χ0n) is 10.4. The van der Waals surface area contributed by atoms with Crippen molar-refractivity contribution in [3.8, 4) is 0 Å². The zero-order chi connectivity index (χ0) is 13.9. The number of carbonyl (C=O) groups is 1. The number of hydrogen-bond donors (Lipinski definition) is 2. The summed E-state index contributed by atoms with van der Waals surface area (Å²) in [7, 11) is 0. The number of amides is 1. The fourth-order valence-electron chi connectivity index (χ4n) is 1.22. The Balaban J connectivity index is 2.74. The lowest BCUT2D eigenvalue weighted by atomic mass is 10.2. The van der Waals surface area contributed by atoms with Crippen LogP contribution in [0.2, 0.25) is 0 Å². The Morgan fingerprint density at radius 1 is 1.61 bits per heavy atom. The normalized spacial score (nSPS) is 11.7. The minimum absolute atomic E-state index is 0.0432. The smallest absolute Gasteiger partial charge is 0.413 e. The molecule has 6 nitrogen and oxygen atoms in total. The fraction of sp³-hybridized carbons (Fsp3) is 0.600. The summed E-state index contributed by atoms with van der Waals surface area (Å²) < 4.78 is 30.5. The first-order valence-corrected chi connectivity index (χ1v) is 5.29. The van der Waals surface area contributed by atoms with E-state index in [2.05, 4.69) is 10.4 Å². The number of nitrogens with zero attached hydrogens (tertiary/aromatic N) is 2. The third kappa shape index (κ3) is 4.56. The van der Waals surface area contributed by atoms with Gasteiger partial charge in [0.1, 0.15) is 23.8 Å². The van der Waals surface area contributed by atoms with E-state index in [1.54, 1.807) is 20.8 Å². The Morgan fingerprint density at radius 2 is 2.22 bits per heavy atom. The highest BCUT2D eigenvalue weighted by Gasteiger charge is 2.19. The highest BCUT2D eigenvalue weighted by atomic mass is 19.3. The number of hydrogen-bond acceptors (Lipinski definition) is 4. The molecule has 0 aliphatic rings. The molecule has 102 valence electrons. The molecule has 1 heterocycles. The third-order valence-electron chi connectivity index (χ3n) is 1.74. The first-order chi connectivity index (χ1) is 8.17. The van der Waals surface area contributed by atoms with Crippen LogP contribution < -0.4 is 11.1 Å². The highest BCUT2D eigenvalue weighted by Crippen LogP contribution is 2.16. The molecular weight excluding hydrogens is 246 g/mol. The van der Waals surface area contributed by atoms with Crippen molar-refractivity contribution in [1.82, 2.24) is 9.78 Å². The van der Waals surface area contributed by atoms with Gasteiger partial charge in [-0.2, -0.15) is 5.10 Å². The van der Waals surface area contributed by atoms with Crippen molar-refractivity contribution in [1.29, 1.82) is 0 Å². The quantitative estimate of drug-likeness (QED) is 0.873. The predicted octanol–water partition coefficient (Wildman–Crippen LogP) is 2.08. The first-order valence-electron chi connectivity index (χ1n) is 5.29. The molecule has 0 aliphatic heterocycles. The Hall–Kier alpha value is -1.86. The molecule has 0 unspecified atom stereocenters. The minimum Gasteiger partial charge on any atom is -0.444 e. The van der Waals surface area contributed by atoms with Gasteiger partial charge in [-0.15, -0.1) is 0 Å². The number of anilines is 2. The summed E-state index contributed by atoms with van der Waals surface area (Å²) >= 11 is 0. The topological polar surface area (TPSA) is 82.2 Å². The second-order valence-electron chi connectivity index (χ2n) is 4.65. The Bertz CT molecular complexity index is 426. The van der Waals surface area contributed by atoms with Crippen LogP contribution in [0.5, 0.6) is 0 Å². The highest BCUT2D eigenvalue weighted by molar-refractivity contribution is 5.84. The summed E-state index contributed by atoms with van der Waals surface area (Å²) in [5.41, 5.74) is 4.71. The Labute approximate surface area is 103 Å². The molecule has 0 bridgehead atoms. The van der Waals surface area contributed by atoms with E-state index in [-0.39, 0.29) is 11.6 Å². The molecule has 1 aromatic rings. The number of aromatic nitrogens is 2. The van der Waals surface area contributed by atoms with Gasteiger partial charge < -0.3 is 10.5 Å². The summed E-state index contributed by atoms with van der Waals surface area (Å²) in [6.07, 6.45) is -3.35. The maximum absolute atomic E-state index is 12.3. The van der Waals surface area contributed by atoms with E-state index in [1.165, 1.54) is 6.07 Å². The van der Waals surface area contributed by atoms with Crippen LogP contribution in [-0.4, -0.2) is 27.9 Å². The molecule has 0 radical (unpaired) electrons. The van der Waals surface area contributed by atoms with Crippen LogP contribution in [0.3, 0.4) is 0 Å². The Morgan fingerprint density at radius 3 is 2.72 bits per heavy atom. The standard InChI is InChI=1S/C10H16F2N4O2/c1-10(2,3)18-9(17)14-8-4-7(13)15-16(8)5-6(11)12/h4,6H,5H2,1-3H3,(H2,13,15)(H,14,17). The SMILES string of the molecule is CC(C)(C)OC(=O)Nc1cc(N)nn1CC(F)F. The fourth-order valence-corrected chi connectivity index (χ4v) is 1.22. The van der Waals surface area contributed by atoms with Crippen molar-refractivity contribution in [2.24, 2.45) is 0 Å². The van der Waals surface area contributed by atoms with E-state index in [0.717, 1.165) is 4.68 Å². The van der Waals surface area contributed by atoms with E-state index >= 15 is 0 Å². The van der Waals surface area contributed by atoms with Gasteiger partial charge in [0, 0.05) is 6.07 Å². The van der Waals surface area contributed by atoms with Gasteiger partial charge in [0.25, 0.3) is 6.43 Å². The van der Waals surface area contributed by atoms with Crippen molar-refractivity contribution in [2.45, 2.75) is 39.3 Å². The van der Waals surface area contributed by atoms with Crippen LogP contribution in [0.4, 0.5) is 25.2 Å². The van der Waals surface area contributed by atoms with Gasteiger partial charge in [-0.3, -0.25) is 5.32 Å². The van der Waals surface area contributed by atoms with Crippen LogP contribution in [0.25, 0.3) is 0 Å². The van der Waals surface area contributed by atoms with Crippen LogP contribution >= 0.6 is 0 Å². The molecule has 0 atom stereocenters. The van der Waals surface area contributed by atoms with Gasteiger partial charge in [0.05, 0.1) is 0 Å². The van der Waals surface area contributed by atoms with Gasteiger partial charge in [0.2, 0.25) is 0 Å². The van der Waals surface area contributed by atoms with E-state index in [4.69, 9.17) is 10.5 Å². The maximum Gasteiger partial charge on any atom is 0.413 e. The van der Waals surface area contributed by atoms with E-state index in [9.17, 15) is 13.6 Å². The number of rotatable bonds is 3. The monoisotopic (exact) mass is 262 g/mol. The van der Waals surface area contributed by atoms with Crippen molar-refractivity contribution in [3.63, 3.8) is 0 Å². The Kier molecular flexibility index (Phi) is 4.10. The summed E-state index contributed by atoms with van der Waals surface area (Å²) in [6, 6.07) is 1.28. The molecule has 8 heteroatoms. The van der Waals surface area contributed by atoms with Crippen LogP contribution in [-0.2, 0) is 11.3 Å². The number of nitrogens with two attached hydrogens (primary N) is 1. The number of ether oxygens (including phenoxy) is 1. The second-order valence-corrected chi connectivity index (χ2v) is 4.65. The average Bonchev–Trinajstić information content (AvgIpc) is 2.41. The van der Waals surface area contributed by atoms with Crippen LogP contribution in [0.1, 0.15) is 20.8 Å². The van der Waals surface area contributed by atoms with E-state index in [1.807, 2.05) is 0 Å². The molecule has 0 aromatic carbocycles. The summed E-state index contributed by atoms with van der Waals surface area (Å²) in [6.45, 7) is 4.43. The van der Waals surface area contributed by atoms with E-state index in [0.29, 0.717) is 0 Å². The number of halogens is 2. The second kappa shape index (κ2) is 5.19. The van der Waals surface area contributed by atoms with Crippen molar-refractivity contribution >= 4 is 17.7 Å². The lowest BCUT2D eigenvalue weighted by molar-refractivity contribution is 0.0632. The van der Waals surface area contributed by atoms with Crippen LogP contribution in [0.15, 0.2) is 6.07 Å². The maximum atomic E-state index is 12.3. The van der Waals surface area contributed by atoms with Crippen molar-refractivity contribution < 1.29 is 18.3 Å². The minimum atomic E-state index is -2.59. The molecule has 1 amide bonds. The first kappa shape index (κ1) is 14.2. The van der Waals surface area contributed by atoms with Crippen molar-refractivity contribution in [2.75, 3.05) is 11.1 Å². The molecule has 0 fully saturated rings. The van der Waals surface area contributed by atoms with Gasteiger partial charge in [-0.1, -0.05) is 0 Å². The molecule has 0 aliphatic carbocycles. The lowest BCUT2D eigenvalue weighted by Gasteiger charge is -2.19. The summed E-state index contributed by atoms with van der Waals surface area (Å²) in [4.78, 5) is 11.5. The van der Waals surface area contributed by atoms with Gasteiger partial charge in [-0.25, -0.2) is 18.3 Å². The summed E-state index contributed by atoms with van der Waals surface area (Å²) in [5.74, 6) is 0.115. The molecule has 3 N–H and O–H groups in total. The number of nitrogen functional groups attached to an aromatic ring is 1. The largest absolute Gasteiger partial charge is 0.444 e. The molecular formula is C10H16F2N4O2. The molecule has 0 spiro atoms. The van der Waals surface area contributed by atoms with Gasteiger partial charge in [-0.05, 0) is 20.8 Å². The number of alkyl halides is 2. The van der Waals surface area contributed by atoms with Gasteiger partial charge >= 0.3 is 6.09 Å². The third-order valence-corrected chi connectivity index (χ3v) is 1.74. The number of nitrogens with one attached hydrogen (secondary N) is 1. The van der Waals surface area contributed by atoms with Crippen LogP contribution in [0, 0.1) is 0 Å². The van der Waals surface area contributed by atoms with Crippen molar-refractivity contribution in [3.05, 3.63) is 6.07 Å². The number of carbonyl (C=O) groups excluding carboxylic acids is 1. The molecule has 18 heavy (non-hydrogen) atoms. The zero-order valence-corrected chi connectivity index (χ0v) is 10.4. The average molecular weight is 262 g/mol. The molecule has 0 saturated heterocycles. The molecule has 1 rings (SSSR count). The van der Waals surface area contributed by atoms with E-state index < -0.39 is 24.7 Å². The molecule has 0 saturated carbocycles. The molecule has 1 aromatic heterocycles. The summed E-state index contributed by atoms with van der Waals surface area (Å²) in [5, 5.41) is 5.96. The van der Waals surface area contributed by atoms with Gasteiger partial charge in [0.15, 0.2) is 0 Å². The lowest BCUT2D eigenvalue weighted by Crippen LogP contribution is -2.28.